The van der Waals surface area contributed by atoms with Crippen LogP contribution in [0.5, 0.6) is 5.75 Å². The highest BCUT2D eigenvalue weighted by Crippen LogP contribution is 2.27. The van der Waals surface area contributed by atoms with Crippen molar-refractivity contribution in [3.05, 3.63) is 59.1 Å². The van der Waals surface area contributed by atoms with Gasteiger partial charge in [-0.1, -0.05) is 12.1 Å². The Labute approximate surface area is 121 Å². The van der Waals surface area contributed by atoms with Crippen molar-refractivity contribution in [3.63, 3.8) is 0 Å². The minimum Gasteiger partial charge on any atom is -0.497 e. The van der Waals surface area contributed by atoms with Crippen LogP contribution in [0.25, 0.3) is 10.2 Å². The lowest BCUT2D eigenvalue weighted by atomic mass is 10.0. The third-order valence-corrected chi connectivity index (χ3v) is 4.13. The van der Waals surface area contributed by atoms with E-state index in [1.165, 1.54) is 0 Å². The van der Waals surface area contributed by atoms with E-state index in [9.17, 15) is 0 Å². The Morgan fingerprint density at radius 3 is 2.70 bits per heavy atom. The van der Waals surface area contributed by atoms with Crippen LogP contribution in [-0.2, 0) is 0 Å². The van der Waals surface area contributed by atoms with E-state index in [4.69, 9.17) is 10.6 Å². The van der Waals surface area contributed by atoms with Gasteiger partial charge in [-0.3, -0.25) is 10.8 Å². The Bertz CT molecular complexity index is 708. The number of ether oxygens (including phenoxy) is 1. The molecule has 102 valence electrons. The first kappa shape index (κ1) is 13.1. The van der Waals surface area contributed by atoms with Gasteiger partial charge in [0.2, 0.25) is 0 Å². The van der Waals surface area contributed by atoms with Gasteiger partial charge < -0.3 is 4.74 Å². The average Bonchev–Trinajstić information content (AvgIpc) is 2.96. The molecule has 1 unspecified atom stereocenters. The lowest BCUT2D eigenvalue weighted by molar-refractivity contribution is 0.414. The highest BCUT2D eigenvalue weighted by molar-refractivity contribution is 7.17. The standard InChI is InChI=1S/C15H15N3OS/c1-19-12-4-2-10(3-5-12)15(18-16)11-8-14-13(17-9-11)6-7-20-14/h2-9,15,18H,16H2,1H3. The largest absolute Gasteiger partial charge is 0.497 e. The van der Waals surface area contributed by atoms with Crippen LogP contribution in [-0.4, -0.2) is 12.1 Å². The molecule has 3 aromatic rings. The van der Waals surface area contributed by atoms with Gasteiger partial charge in [0.15, 0.2) is 0 Å². The van der Waals surface area contributed by atoms with E-state index in [2.05, 4.69) is 16.5 Å². The van der Waals surface area contributed by atoms with Crippen molar-refractivity contribution in [2.45, 2.75) is 6.04 Å². The summed E-state index contributed by atoms with van der Waals surface area (Å²) in [6, 6.07) is 11.9. The molecule has 0 bridgehead atoms. The van der Waals surface area contributed by atoms with Gasteiger partial charge in [-0.15, -0.1) is 11.3 Å². The molecule has 0 aliphatic heterocycles. The third kappa shape index (κ3) is 2.38. The Morgan fingerprint density at radius 2 is 2.00 bits per heavy atom. The number of nitrogens with one attached hydrogen (secondary N) is 1. The molecule has 3 rings (SSSR count). The minimum absolute atomic E-state index is 0.0834. The number of hydrogen-bond acceptors (Lipinski definition) is 5. The molecular formula is C15H15N3OS. The molecule has 1 atom stereocenters. The van der Waals surface area contributed by atoms with Crippen molar-refractivity contribution in [2.75, 3.05) is 7.11 Å². The average molecular weight is 285 g/mol. The number of fused-ring (bicyclic) bond motifs is 1. The van der Waals surface area contributed by atoms with Crippen molar-refractivity contribution in [1.29, 1.82) is 0 Å². The third-order valence-electron chi connectivity index (χ3n) is 3.27. The predicted octanol–water partition coefficient (Wildman–Crippen LogP) is 2.86. The SMILES string of the molecule is COc1ccc(C(NN)c2cnc3ccsc3c2)cc1. The lowest BCUT2D eigenvalue weighted by Gasteiger charge is -2.17. The second-order valence-electron chi connectivity index (χ2n) is 4.45. The van der Waals surface area contributed by atoms with Crippen LogP contribution in [0, 0.1) is 0 Å². The Kier molecular flexibility index (Phi) is 3.64. The highest BCUT2D eigenvalue weighted by Gasteiger charge is 2.13. The van der Waals surface area contributed by atoms with E-state index < -0.39 is 0 Å². The van der Waals surface area contributed by atoms with Gasteiger partial charge in [0.05, 0.1) is 23.4 Å². The maximum Gasteiger partial charge on any atom is 0.118 e. The number of pyridine rings is 1. The van der Waals surface area contributed by atoms with E-state index in [0.717, 1.165) is 27.1 Å². The Hall–Kier alpha value is -1.95. The zero-order valence-corrected chi connectivity index (χ0v) is 11.9. The van der Waals surface area contributed by atoms with Crippen LogP contribution in [0.3, 0.4) is 0 Å². The van der Waals surface area contributed by atoms with Crippen LogP contribution in [0.1, 0.15) is 17.2 Å². The molecule has 1 aromatic carbocycles. The second kappa shape index (κ2) is 5.58. The maximum atomic E-state index is 5.72. The normalized spacial score (nSPS) is 12.5. The smallest absolute Gasteiger partial charge is 0.118 e. The van der Waals surface area contributed by atoms with Crippen molar-refractivity contribution >= 4 is 21.6 Å². The molecule has 0 spiro atoms. The first-order valence-corrected chi connectivity index (χ1v) is 7.13. The van der Waals surface area contributed by atoms with Gasteiger partial charge in [-0.2, -0.15) is 0 Å². The van der Waals surface area contributed by atoms with Gasteiger partial charge in [-0.25, -0.2) is 5.43 Å². The summed E-state index contributed by atoms with van der Waals surface area (Å²) in [6.07, 6.45) is 1.86. The molecule has 0 saturated carbocycles. The molecule has 20 heavy (non-hydrogen) atoms. The molecule has 2 heterocycles. The zero-order chi connectivity index (χ0) is 13.9. The summed E-state index contributed by atoms with van der Waals surface area (Å²) in [4.78, 5) is 4.46. The Morgan fingerprint density at radius 1 is 1.20 bits per heavy atom. The number of hydrogen-bond donors (Lipinski definition) is 2. The van der Waals surface area contributed by atoms with E-state index in [0.29, 0.717) is 0 Å². The number of rotatable bonds is 4. The van der Waals surface area contributed by atoms with E-state index in [1.807, 2.05) is 41.9 Å². The highest BCUT2D eigenvalue weighted by atomic mass is 32.1. The molecule has 2 aromatic heterocycles. The monoisotopic (exact) mass is 285 g/mol. The summed E-state index contributed by atoms with van der Waals surface area (Å²) >= 11 is 1.68. The molecule has 0 amide bonds. The summed E-state index contributed by atoms with van der Waals surface area (Å²) in [5.41, 5.74) is 5.99. The van der Waals surface area contributed by atoms with Crippen LogP contribution < -0.4 is 16.0 Å². The zero-order valence-electron chi connectivity index (χ0n) is 11.0. The van der Waals surface area contributed by atoms with Crippen LogP contribution in [0.15, 0.2) is 48.0 Å². The van der Waals surface area contributed by atoms with Gasteiger partial charge in [0, 0.05) is 6.20 Å². The summed E-state index contributed by atoms with van der Waals surface area (Å²) < 4.78 is 6.34. The molecule has 0 aliphatic rings. The summed E-state index contributed by atoms with van der Waals surface area (Å²) in [5.74, 6) is 6.55. The fraction of sp³-hybridized carbons (Fsp3) is 0.133. The van der Waals surface area contributed by atoms with Gasteiger partial charge >= 0.3 is 0 Å². The van der Waals surface area contributed by atoms with Crippen molar-refractivity contribution in [3.8, 4) is 5.75 Å². The summed E-state index contributed by atoms with van der Waals surface area (Å²) in [5, 5.41) is 2.04. The summed E-state index contributed by atoms with van der Waals surface area (Å²) in [7, 11) is 1.66. The van der Waals surface area contributed by atoms with Crippen molar-refractivity contribution in [2.24, 2.45) is 5.84 Å². The van der Waals surface area contributed by atoms with Gasteiger partial charge in [0.1, 0.15) is 5.75 Å². The fourth-order valence-electron chi connectivity index (χ4n) is 2.20. The Balaban J connectivity index is 1.98. The lowest BCUT2D eigenvalue weighted by Crippen LogP contribution is -2.28. The maximum absolute atomic E-state index is 5.72. The van der Waals surface area contributed by atoms with Gasteiger partial charge in [-0.05, 0) is 40.8 Å². The minimum atomic E-state index is -0.0834. The number of hydrazine groups is 1. The molecule has 0 fully saturated rings. The molecule has 5 heteroatoms. The van der Waals surface area contributed by atoms with E-state index >= 15 is 0 Å². The summed E-state index contributed by atoms with van der Waals surface area (Å²) in [6.45, 7) is 0. The molecule has 0 aliphatic carbocycles. The predicted molar refractivity (Wildman–Crippen MR) is 81.8 cm³/mol. The molecule has 0 radical (unpaired) electrons. The number of nitrogens with two attached hydrogens (primary N) is 1. The second-order valence-corrected chi connectivity index (χ2v) is 5.39. The number of nitrogens with zero attached hydrogens (tertiary/aromatic N) is 1. The molecule has 3 N–H and O–H groups in total. The van der Waals surface area contributed by atoms with E-state index in [1.54, 1.807) is 18.4 Å². The number of benzene rings is 1. The first-order chi connectivity index (χ1) is 9.81. The number of methoxy groups -OCH3 is 1. The van der Waals surface area contributed by atoms with E-state index in [-0.39, 0.29) is 6.04 Å². The molecular weight excluding hydrogens is 270 g/mol. The molecule has 0 saturated heterocycles. The van der Waals surface area contributed by atoms with Crippen LogP contribution in [0.2, 0.25) is 0 Å². The first-order valence-electron chi connectivity index (χ1n) is 6.25. The number of aromatic nitrogens is 1. The fourth-order valence-corrected chi connectivity index (χ4v) is 2.99. The van der Waals surface area contributed by atoms with Crippen LogP contribution in [0.4, 0.5) is 0 Å². The van der Waals surface area contributed by atoms with Crippen LogP contribution >= 0.6 is 11.3 Å². The van der Waals surface area contributed by atoms with Crippen molar-refractivity contribution in [1.82, 2.24) is 10.4 Å². The molecule has 4 nitrogen and oxygen atoms in total. The quantitative estimate of drug-likeness (QED) is 0.571. The number of thiophene rings is 1. The van der Waals surface area contributed by atoms with Gasteiger partial charge in [0.25, 0.3) is 0 Å². The van der Waals surface area contributed by atoms with Crippen molar-refractivity contribution < 1.29 is 4.74 Å². The topological polar surface area (TPSA) is 60.2 Å².